The standard InChI is InChI=1S/C21H20O4S/c1-3-14-7-9-15(10-8-14)21-16(13-19(22)24-4-2)12-18(26-21)20(23)17-6-5-11-25-17/h5-12H,3-4,13H2,1-2H3. The zero-order valence-corrected chi connectivity index (χ0v) is 15.6. The first-order chi connectivity index (χ1) is 12.6. The maximum Gasteiger partial charge on any atom is 0.310 e. The number of ether oxygens (including phenoxy) is 1. The third kappa shape index (κ3) is 3.94. The summed E-state index contributed by atoms with van der Waals surface area (Å²) in [4.78, 5) is 26.1. The molecule has 0 saturated heterocycles. The van der Waals surface area contributed by atoms with Crippen LogP contribution >= 0.6 is 11.3 Å². The summed E-state index contributed by atoms with van der Waals surface area (Å²) in [6.07, 6.45) is 2.58. The van der Waals surface area contributed by atoms with E-state index in [2.05, 4.69) is 19.1 Å². The highest BCUT2D eigenvalue weighted by Crippen LogP contribution is 2.35. The minimum absolute atomic E-state index is 0.140. The Hall–Kier alpha value is -2.66. The average Bonchev–Trinajstić information content (AvgIpc) is 3.31. The van der Waals surface area contributed by atoms with E-state index in [1.54, 1.807) is 25.1 Å². The van der Waals surface area contributed by atoms with Crippen molar-refractivity contribution in [3.63, 3.8) is 0 Å². The van der Waals surface area contributed by atoms with Crippen LogP contribution in [0.2, 0.25) is 0 Å². The molecule has 0 unspecified atom stereocenters. The summed E-state index contributed by atoms with van der Waals surface area (Å²) in [6, 6.07) is 13.3. The van der Waals surface area contributed by atoms with E-state index in [-0.39, 0.29) is 18.2 Å². The lowest BCUT2D eigenvalue weighted by Crippen LogP contribution is -2.07. The van der Waals surface area contributed by atoms with E-state index in [1.807, 2.05) is 12.1 Å². The number of thiophene rings is 1. The molecule has 0 aliphatic rings. The Kier molecular flexibility index (Phi) is 5.68. The minimum atomic E-state index is -0.297. The van der Waals surface area contributed by atoms with Gasteiger partial charge in [-0.05, 0) is 48.2 Å². The number of esters is 1. The fourth-order valence-corrected chi connectivity index (χ4v) is 3.84. The van der Waals surface area contributed by atoms with Crippen LogP contribution in [-0.4, -0.2) is 18.4 Å². The highest BCUT2D eigenvalue weighted by Gasteiger charge is 2.20. The SMILES string of the molecule is CCOC(=O)Cc1cc(C(=O)c2ccco2)sc1-c1ccc(CC)cc1. The summed E-state index contributed by atoms with van der Waals surface area (Å²) in [7, 11) is 0. The molecule has 0 saturated carbocycles. The van der Waals surface area contributed by atoms with Crippen molar-refractivity contribution in [3.8, 4) is 10.4 Å². The van der Waals surface area contributed by atoms with Crippen molar-refractivity contribution >= 4 is 23.1 Å². The molecule has 0 aliphatic heterocycles. The van der Waals surface area contributed by atoms with Crippen molar-refractivity contribution in [3.05, 3.63) is 70.5 Å². The Bertz CT molecular complexity index is 889. The highest BCUT2D eigenvalue weighted by atomic mass is 32.1. The number of aryl methyl sites for hydroxylation is 1. The van der Waals surface area contributed by atoms with Gasteiger partial charge in [0.25, 0.3) is 0 Å². The first kappa shape index (κ1) is 18.1. The Morgan fingerprint density at radius 1 is 1.12 bits per heavy atom. The predicted octanol–water partition coefficient (Wildman–Crippen LogP) is 4.91. The smallest absolute Gasteiger partial charge is 0.310 e. The minimum Gasteiger partial charge on any atom is -0.466 e. The van der Waals surface area contributed by atoms with Crippen molar-refractivity contribution in [2.24, 2.45) is 0 Å². The second-order valence-electron chi connectivity index (χ2n) is 5.80. The quantitative estimate of drug-likeness (QED) is 0.439. The number of furan rings is 1. The van der Waals surface area contributed by atoms with Gasteiger partial charge in [-0.1, -0.05) is 31.2 Å². The molecule has 3 aromatic rings. The van der Waals surface area contributed by atoms with E-state index in [4.69, 9.17) is 9.15 Å². The van der Waals surface area contributed by atoms with Gasteiger partial charge in [0, 0.05) is 4.88 Å². The number of rotatable bonds is 7. The van der Waals surface area contributed by atoms with Gasteiger partial charge in [0.15, 0.2) is 5.76 Å². The molecule has 2 heterocycles. The molecule has 4 nitrogen and oxygen atoms in total. The first-order valence-electron chi connectivity index (χ1n) is 8.58. The van der Waals surface area contributed by atoms with E-state index in [9.17, 15) is 9.59 Å². The molecule has 0 fully saturated rings. The van der Waals surface area contributed by atoms with Crippen molar-refractivity contribution in [2.45, 2.75) is 26.7 Å². The van der Waals surface area contributed by atoms with Crippen LogP contribution in [0.25, 0.3) is 10.4 Å². The zero-order chi connectivity index (χ0) is 18.5. The molecular formula is C21H20O4S. The number of carbonyl (C=O) groups is 2. The van der Waals surface area contributed by atoms with Gasteiger partial charge in [0.1, 0.15) is 0 Å². The van der Waals surface area contributed by atoms with E-state index in [1.165, 1.54) is 23.2 Å². The molecule has 0 atom stereocenters. The molecule has 2 aromatic heterocycles. The molecule has 0 N–H and O–H groups in total. The van der Waals surface area contributed by atoms with Gasteiger partial charge in [-0.3, -0.25) is 9.59 Å². The van der Waals surface area contributed by atoms with Crippen molar-refractivity contribution in [2.75, 3.05) is 6.61 Å². The van der Waals surface area contributed by atoms with E-state index < -0.39 is 0 Å². The van der Waals surface area contributed by atoms with Crippen molar-refractivity contribution in [1.29, 1.82) is 0 Å². The fourth-order valence-electron chi connectivity index (χ4n) is 2.70. The summed E-state index contributed by atoms with van der Waals surface area (Å²) in [5.41, 5.74) is 3.03. The highest BCUT2D eigenvalue weighted by molar-refractivity contribution is 7.17. The topological polar surface area (TPSA) is 56.5 Å². The second kappa shape index (κ2) is 8.15. The number of hydrogen-bond acceptors (Lipinski definition) is 5. The molecule has 0 radical (unpaired) electrons. The molecule has 3 rings (SSSR count). The first-order valence-corrected chi connectivity index (χ1v) is 9.39. The summed E-state index contributed by atoms with van der Waals surface area (Å²) in [6.45, 7) is 4.22. The number of ketones is 1. The third-order valence-corrected chi connectivity index (χ3v) is 5.27. The van der Waals surface area contributed by atoms with Gasteiger partial charge in [-0.25, -0.2) is 0 Å². The summed E-state index contributed by atoms with van der Waals surface area (Å²) >= 11 is 1.38. The van der Waals surface area contributed by atoms with Gasteiger partial charge in [0.05, 0.1) is 24.2 Å². The number of hydrogen-bond donors (Lipinski definition) is 0. The molecular weight excluding hydrogens is 348 g/mol. The summed E-state index contributed by atoms with van der Waals surface area (Å²) in [5.74, 6) is -0.183. The maximum absolute atomic E-state index is 12.6. The predicted molar refractivity (Wildman–Crippen MR) is 102 cm³/mol. The molecule has 0 amide bonds. The molecule has 26 heavy (non-hydrogen) atoms. The molecule has 5 heteroatoms. The monoisotopic (exact) mass is 368 g/mol. The van der Waals surface area contributed by atoms with Crippen LogP contribution in [0.3, 0.4) is 0 Å². The van der Waals surface area contributed by atoms with Crippen LogP contribution in [0.5, 0.6) is 0 Å². The molecule has 0 spiro atoms. The Morgan fingerprint density at radius 3 is 2.50 bits per heavy atom. The van der Waals surface area contributed by atoms with Crippen LogP contribution in [0.15, 0.2) is 53.1 Å². The third-order valence-electron chi connectivity index (χ3n) is 4.04. The largest absolute Gasteiger partial charge is 0.466 e. The summed E-state index contributed by atoms with van der Waals surface area (Å²) < 4.78 is 10.3. The maximum atomic E-state index is 12.6. The van der Waals surface area contributed by atoms with E-state index in [0.29, 0.717) is 17.2 Å². The van der Waals surface area contributed by atoms with Gasteiger partial charge in [0.2, 0.25) is 5.78 Å². The lowest BCUT2D eigenvalue weighted by Gasteiger charge is -2.05. The van der Waals surface area contributed by atoms with Crippen LogP contribution in [0.4, 0.5) is 0 Å². The normalized spacial score (nSPS) is 10.7. The molecule has 1 aromatic carbocycles. The van der Waals surface area contributed by atoms with Crippen LogP contribution in [0, 0.1) is 0 Å². The Labute approximate surface area is 156 Å². The van der Waals surface area contributed by atoms with Crippen LogP contribution in [-0.2, 0) is 22.4 Å². The van der Waals surface area contributed by atoms with Gasteiger partial charge < -0.3 is 9.15 Å². The van der Waals surface area contributed by atoms with Gasteiger partial charge in [-0.15, -0.1) is 11.3 Å². The van der Waals surface area contributed by atoms with E-state index >= 15 is 0 Å². The zero-order valence-electron chi connectivity index (χ0n) is 14.8. The average molecular weight is 368 g/mol. The van der Waals surface area contributed by atoms with Gasteiger partial charge >= 0.3 is 5.97 Å². The molecule has 0 aliphatic carbocycles. The summed E-state index contributed by atoms with van der Waals surface area (Å²) in [5, 5.41) is 0. The lowest BCUT2D eigenvalue weighted by atomic mass is 10.0. The lowest BCUT2D eigenvalue weighted by molar-refractivity contribution is -0.142. The van der Waals surface area contributed by atoms with Crippen LogP contribution < -0.4 is 0 Å². The molecule has 0 bridgehead atoms. The number of benzene rings is 1. The van der Waals surface area contributed by atoms with Crippen LogP contribution in [0.1, 0.15) is 40.4 Å². The van der Waals surface area contributed by atoms with Gasteiger partial charge in [-0.2, -0.15) is 0 Å². The van der Waals surface area contributed by atoms with E-state index in [0.717, 1.165) is 22.4 Å². The Morgan fingerprint density at radius 2 is 1.88 bits per heavy atom. The molecule has 134 valence electrons. The number of carbonyl (C=O) groups excluding carboxylic acids is 2. The van der Waals surface area contributed by atoms with Crippen molar-refractivity contribution in [1.82, 2.24) is 0 Å². The van der Waals surface area contributed by atoms with Crippen molar-refractivity contribution < 1.29 is 18.7 Å². The fraction of sp³-hybridized carbons (Fsp3) is 0.238. The second-order valence-corrected chi connectivity index (χ2v) is 6.86. The Balaban J connectivity index is 1.99.